The smallest absolute Gasteiger partial charge is 0.118 e. The predicted octanol–water partition coefficient (Wildman–Crippen LogP) is 0.844. The summed E-state index contributed by atoms with van der Waals surface area (Å²) >= 11 is 0. The number of nitrogens with two attached hydrogens (primary N) is 1. The molecule has 0 fully saturated rings. The van der Waals surface area contributed by atoms with Crippen molar-refractivity contribution >= 4 is 11.9 Å². The van der Waals surface area contributed by atoms with Crippen molar-refractivity contribution in [1.82, 2.24) is 0 Å². The number of hydrogen-bond acceptors (Lipinski definition) is 4. The second-order valence-electron chi connectivity index (χ2n) is 2.25. The molecule has 12 heavy (non-hydrogen) atoms. The minimum Gasteiger partial charge on any atom is -0.508 e. The maximum absolute atomic E-state index is 9.04. The molecule has 4 heteroatoms. The zero-order valence-electron chi connectivity index (χ0n) is 6.20. The molecule has 4 nitrogen and oxygen atoms in total. The summed E-state index contributed by atoms with van der Waals surface area (Å²) in [4.78, 5) is 0. The molecule has 0 radical (unpaired) electrons. The summed E-state index contributed by atoms with van der Waals surface area (Å²) in [5, 5.41) is 24.6. The normalized spacial score (nSPS) is 8.92. The van der Waals surface area contributed by atoms with Gasteiger partial charge in [-0.2, -0.15) is 5.26 Å². The number of nitrogens with one attached hydrogen (secondary N) is 1. The third-order valence-electron chi connectivity index (χ3n) is 1.46. The van der Waals surface area contributed by atoms with Gasteiger partial charge in [0.05, 0.1) is 5.56 Å². The molecular weight excluding hydrogens is 154 g/mol. The first-order valence-corrected chi connectivity index (χ1v) is 3.22. The number of anilines is 1. The fraction of sp³-hybridized carbons (Fsp3) is 0. The Morgan fingerprint density at radius 3 is 2.75 bits per heavy atom. The minimum atomic E-state index is -0.0605. The van der Waals surface area contributed by atoms with Gasteiger partial charge in [-0.15, -0.1) is 0 Å². The number of nitrogen functional groups attached to an aromatic ring is 1. The molecule has 1 aromatic rings. The monoisotopic (exact) mass is 161 g/mol. The molecule has 4 N–H and O–H groups in total. The lowest BCUT2D eigenvalue weighted by molar-refractivity contribution is 0.475. The molecule has 0 aromatic heterocycles. The van der Waals surface area contributed by atoms with Gasteiger partial charge in [-0.25, -0.2) is 0 Å². The largest absolute Gasteiger partial charge is 0.508 e. The van der Waals surface area contributed by atoms with Crippen molar-refractivity contribution in [3.63, 3.8) is 0 Å². The Hall–Kier alpha value is -2.02. The first-order chi connectivity index (χ1) is 5.69. The second-order valence-corrected chi connectivity index (χ2v) is 2.25. The quantitative estimate of drug-likeness (QED) is 0.421. The first-order valence-electron chi connectivity index (χ1n) is 3.22. The van der Waals surface area contributed by atoms with Crippen LogP contribution in [-0.2, 0) is 0 Å². The van der Waals surface area contributed by atoms with Crippen LogP contribution < -0.4 is 5.73 Å². The van der Waals surface area contributed by atoms with Gasteiger partial charge >= 0.3 is 0 Å². The van der Waals surface area contributed by atoms with Crippen LogP contribution in [0.2, 0.25) is 0 Å². The molecule has 0 aliphatic rings. The van der Waals surface area contributed by atoms with Crippen molar-refractivity contribution in [2.24, 2.45) is 0 Å². The standard InChI is InChI=1S/C8H7N3O/c9-3-5-1-6(12)2-8(11)7(5)4-10/h1-2,4,10,12H,11H2. The highest BCUT2D eigenvalue weighted by atomic mass is 16.3. The van der Waals surface area contributed by atoms with E-state index in [2.05, 4.69) is 0 Å². The predicted molar refractivity (Wildman–Crippen MR) is 45.1 cm³/mol. The molecule has 0 spiro atoms. The number of nitrogens with zero attached hydrogens (tertiary/aromatic N) is 1. The minimum absolute atomic E-state index is 0.0605. The second kappa shape index (κ2) is 2.93. The van der Waals surface area contributed by atoms with Crippen LogP contribution in [0.5, 0.6) is 5.75 Å². The van der Waals surface area contributed by atoms with Gasteiger partial charge in [-0.3, -0.25) is 0 Å². The van der Waals surface area contributed by atoms with Gasteiger partial charge < -0.3 is 16.2 Å². The first kappa shape index (κ1) is 8.08. The van der Waals surface area contributed by atoms with E-state index in [0.29, 0.717) is 5.56 Å². The molecule has 0 aliphatic carbocycles. The molecule has 0 saturated heterocycles. The highest BCUT2D eigenvalue weighted by Gasteiger charge is 2.05. The fourth-order valence-corrected chi connectivity index (χ4v) is 0.913. The summed E-state index contributed by atoms with van der Waals surface area (Å²) in [5.74, 6) is -0.0605. The number of hydrogen-bond donors (Lipinski definition) is 3. The van der Waals surface area contributed by atoms with Crippen LogP contribution in [0, 0.1) is 16.7 Å². The van der Waals surface area contributed by atoms with Crippen LogP contribution in [0.3, 0.4) is 0 Å². The average Bonchev–Trinajstić information content (AvgIpc) is 2.03. The van der Waals surface area contributed by atoms with Crippen molar-refractivity contribution in [3.05, 3.63) is 23.3 Å². The number of rotatable bonds is 1. The van der Waals surface area contributed by atoms with Crippen molar-refractivity contribution in [2.75, 3.05) is 5.73 Å². The molecular formula is C8H7N3O. The molecule has 60 valence electrons. The number of benzene rings is 1. The summed E-state index contributed by atoms with van der Waals surface area (Å²) in [6.45, 7) is 0. The Bertz CT molecular complexity index is 365. The van der Waals surface area contributed by atoms with E-state index in [1.807, 2.05) is 6.07 Å². The number of nitriles is 1. The zero-order chi connectivity index (χ0) is 9.14. The van der Waals surface area contributed by atoms with E-state index in [1.54, 1.807) is 0 Å². The number of phenolic OH excluding ortho intramolecular Hbond substituents is 1. The van der Waals surface area contributed by atoms with Crippen LogP contribution in [0.4, 0.5) is 5.69 Å². The maximum atomic E-state index is 9.04. The Morgan fingerprint density at radius 1 is 1.58 bits per heavy atom. The average molecular weight is 161 g/mol. The molecule has 0 bridgehead atoms. The topological polar surface area (TPSA) is 93.9 Å². The van der Waals surface area contributed by atoms with Gasteiger partial charge in [-0.05, 0) is 6.07 Å². The maximum Gasteiger partial charge on any atom is 0.118 e. The van der Waals surface area contributed by atoms with E-state index >= 15 is 0 Å². The molecule has 0 unspecified atom stereocenters. The number of phenols is 1. The highest BCUT2D eigenvalue weighted by molar-refractivity contribution is 5.89. The van der Waals surface area contributed by atoms with E-state index in [-0.39, 0.29) is 17.0 Å². The van der Waals surface area contributed by atoms with Crippen molar-refractivity contribution < 1.29 is 5.11 Å². The van der Waals surface area contributed by atoms with Crippen LogP contribution in [-0.4, -0.2) is 11.3 Å². The summed E-state index contributed by atoms with van der Waals surface area (Å²) in [7, 11) is 0. The summed E-state index contributed by atoms with van der Waals surface area (Å²) in [6.07, 6.45) is 0.993. The van der Waals surface area contributed by atoms with Crippen molar-refractivity contribution in [2.45, 2.75) is 0 Å². The molecule has 0 amide bonds. The molecule has 0 atom stereocenters. The third kappa shape index (κ3) is 1.20. The van der Waals surface area contributed by atoms with Gasteiger partial charge in [0.1, 0.15) is 11.8 Å². The van der Waals surface area contributed by atoms with Crippen molar-refractivity contribution in [3.8, 4) is 11.8 Å². The highest BCUT2D eigenvalue weighted by Crippen LogP contribution is 2.21. The van der Waals surface area contributed by atoms with Gasteiger partial charge in [-0.1, -0.05) is 0 Å². The van der Waals surface area contributed by atoms with Crippen molar-refractivity contribution in [1.29, 1.82) is 10.7 Å². The van der Waals surface area contributed by atoms with E-state index < -0.39 is 0 Å². The van der Waals surface area contributed by atoms with Gasteiger partial charge in [0.15, 0.2) is 0 Å². The molecule has 0 aliphatic heterocycles. The van der Waals surface area contributed by atoms with Crippen LogP contribution >= 0.6 is 0 Å². The Labute approximate surface area is 69.4 Å². The third-order valence-corrected chi connectivity index (χ3v) is 1.46. The fourth-order valence-electron chi connectivity index (χ4n) is 0.913. The molecule has 1 rings (SSSR count). The van der Waals surface area contributed by atoms with E-state index in [1.165, 1.54) is 12.1 Å². The molecule has 0 saturated carbocycles. The van der Waals surface area contributed by atoms with Gasteiger partial charge in [0, 0.05) is 23.5 Å². The van der Waals surface area contributed by atoms with Crippen LogP contribution in [0.25, 0.3) is 0 Å². The van der Waals surface area contributed by atoms with E-state index in [0.717, 1.165) is 6.21 Å². The van der Waals surface area contributed by atoms with Gasteiger partial charge in [0.25, 0.3) is 0 Å². The van der Waals surface area contributed by atoms with Gasteiger partial charge in [0.2, 0.25) is 0 Å². The summed E-state index contributed by atoms with van der Waals surface area (Å²) < 4.78 is 0. The molecule has 0 heterocycles. The molecule has 1 aromatic carbocycles. The zero-order valence-corrected chi connectivity index (χ0v) is 6.20. The summed E-state index contributed by atoms with van der Waals surface area (Å²) in [6, 6.07) is 4.42. The SMILES string of the molecule is N#Cc1cc(O)cc(N)c1C=N. The lowest BCUT2D eigenvalue weighted by Gasteiger charge is -2.01. The van der Waals surface area contributed by atoms with Crippen LogP contribution in [0.15, 0.2) is 12.1 Å². The Balaban J connectivity index is 3.46. The lowest BCUT2D eigenvalue weighted by Crippen LogP contribution is -1.95. The summed E-state index contributed by atoms with van der Waals surface area (Å²) in [5.41, 5.74) is 6.24. The van der Waals surface area contributed by atoms with Crippen LogP contribution in [0.1, 0.15) is 11.1 Å². The van der Waals surface area contributed by atoms with E-state index in [9.17, 15) is 0 Å². The Kier molecular flexibility index (Phi) is 1.97. The lowest BCUT2D eigenvalue weighted by atomic mass is 10.1. The Morgan fingerprint density at radius 2 is 2.25 bits per heavy atom. The van der Waals surface area contributed by atoms with E-state index in [4.69, 9.17) is 21.5 Å². The number of aromatic hydroxyl groups is 1.